The summed E-state index contributed by atoms with van der Waals surface area (Å²) in [4.78, 5) is 10.1. The van der Waals surface area contributed by atoms with Gasteiger partial charge in [-0.05, 0) is 12.1 Å². The molecule has 1 aromatic carbocycles. The molecule has 0 spiro atoms. The van der Waals surface area contributed by atoms with Crippen LogP contribution < -0.4 is 4.74 Å². The van der Waals surface area contributed by atoms with Crippen LogP contribution >= 0.6 is 15.9 Å². The molecule has 0 amide bonds. The minimum absolute atomic E-state index is 0.109. The number of benzene rings is 1. The van der Waals surface area contributed by atoms with Crippen molar-refractivity contribution < 1.29 is 9.66 Å². The van der Waals surface area contributed by atoms with Crippen LogP contribution in [0.4, 0.5) is 5.69 Å². The Labute approximate surface area is 94.6 Å². The highest BCUT2D eigenvalue weighted by Gasteiger charge is 2.14. The van der Waals surface area contributed by atoms with E-state index in [9.17, 15) is 10.1 Å². The number of nitriles is 1. The molecule has 0 aliphatic rings. The Morgan fingerprint density at radius 3 is 2.93 bits per heavy atom. The molecule has 78 valence electrons. The predicted molar refractivity (Wildman–Crippen MR) is 56.5 cm³/mol. The van der Waals surface area contributed by atoms with Crippen molar-refractivity contribution in [3.63, 3.8) is 0 Å². The predicted octanol–water partition coefficient (Wildman–Crippen LogP) is 2.65. The highest BCUT2D eigenvalue weighted by Crippen LogP contribution is 2.29. The third-order valence-electron chi connectivity index (χ3n) is 1.59. The first kappa shape index (κ1) is 11.5. The molecule has 0 bridgehead atoms. The molecule has 0 unspecified atom stereocenters. The van der Waals surface area contributed by atoms with Crippen LogP contribution in [0.5, 0.6) is 5.75 Å². The Morgan fingerprint density at radius 1 is 1.60 bits per heavy atom. The van der Waals surface area contributed by atoms with E-state index in [0.717, 1.165) is 0 Å². The minimum Gasteiger partial charge on any atom is -0.486 e. The van der Waals surface area contributed by atoms with E-state index in [0.29, 0.717) is 4.47 Å². The minimum atomic E-state index is -0.521. The molecule has 0 aromatic heterocycles. The zero-order valence-corrected chi connectivity index (χ0v) is 9.23. The van der Waals surface area contributed by atoms with Gasteiger partial charge < -0.3 is 4.74 Å². The fourth-order valence-electron chi connectivity index (χ4n) is 0.962. The Balaban J connectivity index is 2.87. The summed E-state index contributed by atoms with van der Waals surface area (Å²) in [7, 11) is 0. The monoisotopic (exact) mass is 270 g/mol. The van der Waals surface area contributed by atoms with Gasteiger partial charge in [-0.15, -0.1) is 0 Å². The quantitative estimate of drug-likeness (QED) is 0.479. The lowest BCUT2D eigenvalue weighted by molar-refractivity contribution is -0.385. The fourth-order valence-corrected chi connectivity index (χ4v) is 1.31. The number of halogens is 1. The van der Waals surface area contributed by atoms with Gasteiger partial charge in [0.2, 0.25) is 0 Å². The summed E-state index contributed by atoms with van der Waals surface area (Å²) >= 11 is 3.13. The van der Waals surface area contributed by atoms with Crippen molar-refractivity contribution in [2.24, 2.45) is 0 Å². The van der Waals surface area contributed by atoms with Crippen LogP contribution in [0.25, 0.3) is 0 Å². The molecule has 0 atom stereocenters. The number of nitro benzene ring substituents is 1. The standard InChI is InChI=1S/C9H7BrN2O3/c10-7-2-3-9(15-5-1-4-11)8(6-7)12(13)14/h2-3,6H,1,5H2. The molecule has 0 saturated carbocycles. The van der Waals surface area contributed by atoms with E-state index in [1.807, 2.05) is 6.07 Å². The number of hydrogen-bond donors (Lipinski definition) is 0. The van der Waals surface area contributed by atoms with E-state index in [1.165, 1.54) is 12.1 Å². The van der Waals surface area contributed by atoms with Crippen LogP contribution in [-0.4, -0.2) is 11.5 Å². The summed E-state index contributed by atoms with van der Waals surface area (Å²) < 4.78 is 5.72. The van der Waals surface area contributed by atoms with Crippen LogP contribution in [0.3, 0.4) is 0 Å². The van der Waals surface area contributed by atoms with Gasteiger partial charge in [0.05, 0.1) is 17.4 Å². The van der Waals surface area contributed by atoms with Crippen molar-refractivity contribution >= 4 is 21.6 Å². The third-order valence-corrected chi connectivity index (χ3v) is 2.08. The molecule has 0 saturated heterocycles. The van der Waals surface area contributed by atoms with Gasteiger partial charge in [-0.25, -0.2) is 0 Å². The first-order chi connectivity index (χ1) is 7.15. The highest BCUT2D eigenvalue weighted by atomic mass is 79.9. The van der Waals surface area contributed by atoms with Gasteiger partial charge in [0.25, 0.3) is 0 Å². The number of nitro groups is 1. The van der Waals surface area contributed by atoms with Crippen molar-refractivity contribution in [2.45, 2.75) is 6.42 Å². The average Bonchev–Trinajstić information content (AvgIpc) is 2.20. The van der Waals surface area contributed by atoms with Crippen molar-refractivity contribution in [3.05, 3.63) is 32.8 Å². The van der Waals surface area contributed by atoms with E-state index in [4.69, 9.17) is 10.00 Å². The van der Waals surface area contributed by atoms with Crippen molar-refractivity contribution in [2.75, 3.05) is 6.61 Å². The second kappa shape index (κ2) is 5.32. The van der Waals surface area contributed by atoms with Gasteiger partial charge in [0.1, 0.15) is 6.61 Å². The molecule has 0 aliphatic heterocycles. The summed E-state index contributed by atoms with van der Waals surface area (Å²) in [6, 6.07) is 6.40. The van der Waals surface area contributed by atoms with Crippen LogP contribution in [0.2, 0.25) is 0 Å². The van der Waals surface area contributed by atoms with E-state index < -0.39 is 4.92 Å². The van der Waals surface area contributed by atoms with Crippen molar-refractivity contribution in [1.29, 1.82) is 5.26 Å². The molecule has 15 heavy (non-hydrogen) atoms. The maximum Gasteiger partial charge on any atom is 0.312 e. The molecule has 1 rings (SSSR count). The average molecular weight is 271 g/mol. The van der Waals surface area contributed by atoms with E-state index in [2.05, 4.69) is 15.9 Å². The molecular weight excluding hydrogens is 264 g/mol. The number of ether oxygens (including phenoxy) is 1. The molecule has 0 N–H and O–H groups in total. The molecule has 0 aliphatic carbocycles. The van der Waals surface area contributed by atoms with Crippen LogP contribution in [0.1, 0.15) is 6.42 Å². The molecule has 1 aromatic rings. The summed E-state index contributed by atoms with van der Waals surface area (Å²) in [5, 5.41) is 18.9. The van der Waals surface area contributed by atoms with E-state index in [-0.39, 0.29) is 24.5 Å². The Bertz CT molecular complexity index is 414. The second-order valence-electron chi connectivity index (χ2n) is 2.63. The second-order valence-corrected chi connectivity index (χ2v) is 3.54. The van der Waals surface area contributed by atoms with E-state index >= 15 is 0 Å². The number of nitrogens with zero attached hydrogens (tertiary/aromatic N) is 2. The summed E-state index contributed by atoms with van der Waals surface area (Å²) in [6.45, 7) is 0.152. The summed E-state index contributed by atoms with van der Waals surface area (Å²) in [5.74, 6) is 0.179. The van der Waals surface area contributed by atoms with Gasteiger partial charge in [-0.1, -0.05) is 15.9 Å². The topological polar surface area (TPSA) is 76.2 Å². The van der Waals surface area contributed by atoms with Crippen LogP contribution in [0, 0.1) is 21.4 Å². The lowest BCUT2D eigenvalue weighted by atomic mass is 10.3. The lowest BCUT2D eigenvalue weighted by Gasteiger charge is -2.04. The molecule has 6 heteroatoms. The SMILES string of the molecule is N#CCCOc1ccc(Br)cc1[N+](=O)[O-]. The summed E-state index contributed by atoms with van der Waals surface area (Å²) in [6.07, 6.45) is 0.202. The Kier molecular flexibility index (Phi) is 4.06. The van der Waals surface area contributed by atoms with Crippen LogP contribution in [-0.2, 0) is 0 Å². The van der Waals surface area contributed by atoms with Gasteiger partial charge in [0, 0.05) is 10.5 Å². The van der Waals surface area contributed by atoms with Gasteiger partial charge in [0.15, 0.2) is 5.75 Å². The zero-order valence-electron chi connectivity index (χ0n) is 7.64. The maximum absolute atomic E-state index is 10.6. The van der Waals surface area contributed by atoms with Gasteiger partial charge in [-0.2, -0.15) is 5.26 Å². The van der Waals surface area contributed by atoms with Gasteiger partial charge in [-0.3, -0.25) is 10.1 Å². The van der Waals surface area contributed by atoms with Crippen LogP contribution in [0.15, 0.2) is 22.7 Å². The number of rotatable bonds is 4. The molecule has 0 fully saturated rings. The molecular formula is C9H7BrN2O3. The number of hydrogen-bond acceptors (Lipinski definition) is 4. The largest absolute Gasteiger partial charge is 0.486 e. The lowest BCUT2D eigenvalue weighted by Crippen LogP contribution is -1.99. The highest BCUT2D eigenvalue weighted by molar-refractivity contribution is 9.10. The molecule has 0 heterocycles. The smallest absolute Gasteiger partial charge is 0.312 e. The first-order valence-corrected chi connectivity index (χ1v) is 4.88. The normalized spacial score (nSPS) is 9.33. The first-order valence-electron chi connectivity index (χ1n) is 4.09. The fraction of sp³-hybridized carbons (Fsp3) is 0.222. The Morgan fingerprint density at radius 2 is 2.33 bits per heavy atom. The molecule has 5 nitrogen and oxygen atoms in total. The zero-order chi connectivity index (χ0) is 11.3. The molecule has 0 radical (unpaired) electrons. The Hall–Kier alpha value is -1.61. The van der Waals surface area contributed by atoms with Gasteiger partial charge >= 0.3 is 5.69 Å². The maximum atomic E-state index is 10.6. The van der Waals surface area contributed by atoms with Crippen molar-refractivity contribution in [3.8, 4) is 11.8 Å². The third kappa shape index (κ3) is 3.22. The van der Waals surface area contributed by atoms with Crippen molar-refractivity contribution in [1.82, 2.24) is 0 Å². The van der Waals surface area contributed by atoms with E-state index in [1.54, 1.807) is 6.07 Å². The summed E-state index contributed by atoms with van der Waals surface area (Å²) in [5.41, 5.74) is -0.109.